The average Bonchev–Trinajstić information content (AvgIpc) is 2.54. The van der Waals surface area contributed by atoms with Crippen molar-refractivity contribution in [1.82, 2.24) is 9.88 Å². The van der Waals surface area contributed by atoms with Crippen molar-refractivity contribution in [3.05, 3.63) is 65.5 Å². The quantitative estimate of drug-likeness (QED) is 0.856. The van der Waals surface area contributed by atoms with E-state index in [2.05, 4.69) is 4.98 Å². The van der Waals surface area contributed by atoms with Gasteiger partial charge in [0.2, 0.25) is 5.91 Å². The smallest absolute Gasteiger partial charge is 0.339 e. The second kappa shape index (κ2) is 6.81. The van der Waals surface area contributed by atoms with Gasteiger partial charge in [0.25, 0.3) is 0 Å². The largest absolute Gasteiger partial charge is 0.416 e. The average molecular weight is 322 g/mol. The van der Waals surface area contributed by atoms with E-state index >= 15 is 0 Å². The van der Waals surface area contributed by atoms with E-state index in [1.807, 2.05) is 13.0 Å². The molecule has 1 heterocycles. The summed E-state index contributed by atoms with van der Waals surface area (Å²) in [5.74, 6) is -0.166. The third-order valence-electron chi connectivity index (χ3n) is 3.78. The molecule has 1 atom stereocenters. The van der Waals surface area contributed by atoms with Gasteiger partial charge in [0.1, 0.15) is 0 Å². The normalized spacial score (nSPS) is 12.7. The van der Waals surface area contributed by atoms with Gasteiger partial charge in [0.05, 0.1) is 18.0 Å². The number of halogens is 3. The van der Waals surface area contributed by atoms with Gasteiger partial charge in [-0.2, -0.15) is 13.2 Å². The highest BCUT2D eigenvalue weighted by atomic mass is 19.4. The minimum absolute atomic E-state index is 0.0548. The summed E-state index contributed by atoms with van der Waals surface area (Å²) < 4.78 is 37.6. The number of rotatable bonds is 4. The molecule has 1 aromatic heterocycles. The maximum Gasteiger partial charge on any atom is 0.416 e. The first-order valence-corrected chi connectivity index (χ1v) is 7.11. The molecule has 0 aliphatic rings. The van der Waals surface area contributed by atoms with Gasteiger partial charge in [0, 0.05) is 19.4 Å². The molecule has 23 heavy (non-hydrogen) atoms. The standard InChI is InChI=1S/C17H17F3N2O/c1-12(14-4-3-9-21-11-14)22(2)16(23)10-13-5-7-15(8-6-13)17(18,19)20/h3-9,11-12H,10H2,1-2H3. The van der Waals surface area contributed by atoms with Crippen molar-refractivity contribution in [2.24, 2.45) is 0 Å². The van der Waals surface area contributed by atoms with Crippen molar-refractivity contribution in [3.63, 3.8) is 0 Å². The van der Waals surface area contributed by atoms with Crippen LogP contribution in [0.4, 0.5) is 13.2 Å². The number of hydrogen-bond acceptors (Lipinski definition) is 2. The van der Waals surface area contributed by atoms with E-state index in [4.69, 9.17) is 0 Å². The second-order valence-electron chi connectivity index (χ2n) is 5.34. The maximum absolute atomic E-state index is 12.5. The fourth-order valence-electron chi connectivity index (χ4n) is 2.17. The molecule has 0 saturated carbocycles. The lowest BCUT2D eigenvalue weighted by atomic mass is 10.1. The summed E-state index contributed by atoms with van der Waals surface area (Å²) in [4.78, 5) is 17.9. The molecule has 2 rings (SSSR count). The van der Waals surface area contributed by atoms with E-state index in [1.165, 1.54) is 12.1 Å². The predicted octanol–water partition coefficient (Wildman–Crippen LogP) is 3.86. The molecule has 6 heteroatoms. The van der Waals surface area contributed by atoms with E-state index in [0.29, 0.717) is 5.56 Å². The summed E-state index contributed by atoms with van der Waals surface area (Å²) in [6.07, 6.45) is -0.972. The summed E-state index contributed by atoms with van der Waals surface area (Å²) >= 11 is 0. The Bertz CT molecular complexity index is 654. The molecule has 1 amide bonds. The van der Waals surface area contributed by atoms with Crippen molar-refractivity contribution in [1.29, 1.82) is 0 Å². The van der Waals surface area contributed by atoms with Gasteiger partial charge in [-0.1, -0.05) is 18.2 Å². The lowest BCUT2D eigenvalue weighted by Gasteiger charge is -2.25. The molecular formula is C17H17F3N2O. The minimum Gasteiger partial charge on any atom is -0.339 e. The van der Waals surface area contributed by atoms with Crippen LogP contribution in [-0.2, 0) is 17.4 Å². The van der Waals surface area contributed by atoms with E-state index < -0.39 is 11.7 Å². The molecule has 0 saturated heterocycles. The Hall–Kier alpha value is -2.37. The molecule has 122 valence electrons. The lowest BCUT2D eigenvalue weighted by molar-refractivity contribution is -0.137. The van der Waals surface area contributed by atoms with Crippen LogP contribution in [0.25, 0.3) is 0 Å². The molecule has 0 N–H and O–H groups in total. The molecular weight excluding hydrogens is 305 g/mol. The molecule has 0 aliphatic heterocycles. The number of benzene rings is 1. The maximum atomic E-state index is 12.5. The van der Waals surface area contributed by atoms with E-state index in [0.717, 1.165) is 17.7 Å². The molecule has 0 radical (unpaired) electrons. The van der Waals surface area contributed by atoms with Crippen LogP contribution in [0.3, 0.4) is 0 Å². The van der Waals surface area contributed by atoms with Crippen molar-refractivity contribution < 1.29 is 18.0 Å². The number of nitrogens with zero attached hydrogens (tertiary/aromatic N) is 2. The second-order valence-corrected chi connectivity index (χ2v) is 5.34. The predicted molar refractivity (Wildman–Crippen MR) is 80.6 cm³/mol. The van der Waals surface area contributed by atoms with Crippen LogP contribution < -0.4 is 0 Å². The monoisotopic (exact) mass is 322 g/mol. The fraction of sp³-hybridized carbons (Fsp3) is 0.294. The van der Waals surface area contributed by atoms with Crippen LogP contribution in [0.2, 0.25) is 0 Å². The first-order valence-electron chi connectivity index (χ1n) is 7.11. The Morgan fingerprint density at radius 3 is 2.39 bits per heavy atom. The summed E-state index contributed by atoms with van der Waals surface area (Å²) in [7, 11) is 1.67. The molecule has 0 aliphatic carbocycles. The van der Waals surface area contributed by atoms with Crippen LogP contribution in [-0.4, -0.2) is 22.8 Å². The van der Waals surface area contributed by atoms with Crippen LogP contribution >= 0.6 is 0 Å². The topological polar surface area (TPSA) is 33.2 Å². The molecule has 0 fully saturated rings. The SMILES string of the molecule is CC(c1cccnc1)N(C)C(=O)Cc1ccc(C(F)(F)F)cc1. The Kier molecular flexibility index (Phi) is 5.03. The Morgan fingerprint density at radius 1 is 1.22 bits per heavy atom. The molecule has 0 spiro atoms. The zero-order valence-electron chi connectivity index (χ0n) is 12.8. The highest BCUT2D eigenvalue weighted by Crippen LogP contribution is 2.29. The molecule has 2 aromatic rings. The van der Waals surface area contributed by atoms with Crippen molar-refractivity contribution in [2.45, 2.75) is 25.6 Å². The van der Waals surface area contributed by atoms with E-state index in [9.17, 15) is 18.0 Å². The number of aromatic nitrogens is 1. The summed E-state index contributed by atoms with van der Waals surface area (Å²) in [5.41, 5.74) is 0.731. The lowest BCUT2D eigenvalue weighted by Crippen LogP contribution is -2.31. The summed E-state index contributed by atoms with van der Waals surface area (Å²) in [6, 6.07) is 8.16. The summed E-state index contributed by atoms with van der Waals surface area (Å²) in [5, 5.41) is 0. The van der Waals surface area contributed by atoms with E-state index in [-0.39, 0.29) is 18.4 Å². The number of likely N-dealkylation sites (N-methyl/N-ethyl adjacent to an activating group) is 1. The highest BCUT2D eigenvalue weighted by molar-refractivity contribution is 5.79. The van der Waals surface area contributed by atoms with Gasteiger partial charge >= 0.3 is 6.18 Å². The zero-order valence-corrected chi connectivity index (χ0v) is 12.8. The molecule has 1 aromatic carbocycles. The van der Waals surface area contributed by atoms with Gasteiger partial charge in [0.15, 0.2) is 0 Å². The van der Waals surface area contributed by atoms with Crippen molar-refractivity contribution >= 4 is 5.91 Å². The van der Waals surface area contributed by atoms with Gasteiger partial charge in [-0.3, -0.25) is 9.78 Å². The Labute approximate surface area is 132 Å². The third-order valence-corrected chi connectivity index (χ3v) is 3.78. The Morgan fingerprint density at radius 2 is 1.87 bits per heavy atom. The highest BCUT2D eigenvalue weighted by Gasteiger charge is 2.30. The van der Waals surface area contributed by atoms with Crippen LogP contribution in [0, 0.1) is 0 Å². The minimum atomic E-state index is -4.37. The van der Waals surface area contributed by atoms with Crippen LogP contribution in [0.5, 0.6) is 0 Å². The van der Waals surface area contributed by atoms with Crippen molar-refractivity contribution in [2.75, 3.05) is 7.05 Å². The van der Waals surface area contributed by atoms with Gasteiger partial charge < -0.3 is 4.90 Å². The zero-order chi connectivity index (χ0) is 17.0. The number of carbonyl (C=O) groups excluding carboxylic acids is 1. The first kappa shape index (κ1) is 17.0. The van der Waals surface area contributed by atoms with Gasteiger partial charge in [-0.05, 0) is 36.2 Å². The van der Waals surface area contributed by atoms with E-state index in [1.54, 1.807) is 30.4 Å². The number of pyridine rings is 1. The number of hydrogen-bond donors (Lipinski definition) is 0. The number of carbonyl (C=O) groups is 1. The first-order chi connectivity index (χ1) is 10.8. The molecule has 0 bridgehead atoms. The van der Waals surface area contributed by atoms with Gasteiger partial charge in [-0.15, -0.1) is 0 Å². The number of amides is 1. The number of alkyl halides is 3. The Balaban J connectivity index is 2.04. The van der Waals surface area contributed by atoms with Gasteiger partial charge in [-0.25, -0.2) is 0 Å². The van der Waals surface area contributed by atoms with Crippen LogP contribution in [0.15, 0.2) is 48.8 Å². The summed E-state index contributed by atoms with van der Waals surface area (Å²) in [6.45, 7) is 1.88. The molecule has 1 unspecified atom stereocenters. The van der Waals surface area contributed by atoms with Crippen molar-refractivity contribution in [3.8, 4) is 0 Å². The fourth-order valence-corrected chi connectivity index (χ4v) is 2.17. The third kappa shape index (κ3) is 4.31. The van der Waals surface area contributed by atoms with Crippen LogP contribution in [0.1, 0.15) is 29.7 Å². The molecule has 3 nitrogen and oxygen atoms in total.